The number of nitrogen functional groups attached to an aromatic ring is 1. The standard InChI is InChI=1S/C28H30N10O2/c1-16-13-31-22-8-7-17(15-38(16)22)23-24(28-30-9-10-40-28)36-26(29)25(35-23)27(39)32-14-18-5-4-6-21(33-18)34-19-11-20(12-19)37(2)3/h4-10,13,15,19-20H,11-12,14H2,1-3H3,(H2,29,36)(H,32,39)(H,33,34)/t19-,20+. The van der Waals surface area contributed by atoms with Gasteiger partial charge in [-0.2, -0.15) is 0 Å². The summed E-state index contributed by atoms with van der Waals surface area (Å²) in [5, 5.41) is 6.36. The van der Waals surface area contributed by atoms with Gasteiger partial charge >= 0.3 is 0 Å². The average Bonchev–Trinajstić information content (AvgIpc) is 3.59. The number of amides is 1. The van der Waals surface area contributed by atoms with E-state index >= 15 is 0 Å². The van der Waals surface area contributed by atoms with Gasteiger partial charge < -0.3 is 30.1 Å². The third kappa shape index (κ3) is 4.96. The Morgan fingerprint density at radius 1 is 1.12 bits per heavy atom. The smallest absolute Gasteiger partial charge is 0.274 e. The molecular weight excluding hydrogens is 508 g/mol. The largest absolute Gasteiger partial charge is 0.443 e. The molecule has 1 saturated carbocycles. The molecule has 0 spiro atoms. The van der Waals surface area contributed by atoms with Gasteiger partial charge in [0.15, 0.2) is 17.2 Å². The lowest BCUT2D eigenvalue weighted by atomic mass is 9.86. The van der Waals surface area contributed by atoms with Crippen molar-refractivity contribution in [2.45, 2.75) is 38.4 Å². The Kier molecular flexibility index (Phi) is 6.60. The molecule has 204 valence electrons. The molecule has 0 aromatic carbocycles. The molecule has 1 fully saturated rings. The molecule has 1 amide bonds. The van der Waals surface area contributed by atoms with Gasteiger partial charge in [0.05, 0.1) is 18.4 Å². The van der Waals surface area contributed by atoms with Gasteiger partial charge in [0, 0.05) is 35.7 Å². The molecule has 0 radical (unpaired) electrons. The SMILES string of the molecule is Cc1cnc2ccc(-c3nc(C(=O)NCc4cccc(N[C@H]5C[C@@H](N(C)C)C5)n4)c(N)nc3-c3ncco3)cn12. The van der Waals surface area contributed by atoms with Crippen LogP contribution in [0, 0.1) is 6.92 Å². The number of hydrogen-bond donors (Lipinski definition) is 3. The number of aromatic nitrogens is 6. The Labute approximate surface area is 230 Å². The molecule has 12 nitrogen and oxygen atoms in total. The topological polar surface area (TPSA) is 152 Å². The number of oxazole rings is 1. The molecule has 0 saturated heterocycles. The molecular formula is C28H30N10O2. The first-order valence-corrected chi connectivity index (χ1v) is 13.0. The number of pyridine rings is 2. The van der Waals surface area contributed by atoms with Gasteiger partial charge in [-0.3, -0.25) is 4.79 Å². The van der Waals surface area contributed by atoms with E-state index in [1.165, 1.54) is 12.5 Å². The molecule has 0 atom stereocenters. The number of imidazole rings is 1. The van der Waals surface area contributed by atoms with Crippen molar-refractivity contribution < 1.29 is 9.21 Å². The van der Waals surface area contributed by atoms with Gasteiger partial charge in [-0.05, 0) is 58.1 Å². The minimum absolute atomic E-state index is 0.00577. The van der Waals surface area contributed by atoms with Crippen LogP contribution in [0.5, 0.6) is 0 Å². The monoisotopic (exact) mass is 538 g/mol. The maximum absolute atomic E-state index is 13.3. The van der Waals surface area contributed by atoms with Gasteiger partial charge in [-0.1, -0.05) is 6.07 Å². The number of hydrogen-bond acceptors (Lipinski definition) is 10. The maximum atomic E-state index is 13.3. The summed E-state index contributed by atoms with van der Waals surface area (Å²) in [6.07, 6.45) is 8.79. The van der Waals surface area contributed by atoms with Gasteiger partial charge in [-0.25, -0.2) is 24.9 Å². The molecule has 6 rings (SSSR count). The van der Waals surface area contributed by atoms with Crippen molar-refractivity contribution >= 4 is 23.2 Å². The van der Waals surface area contributed by atoms with Crippen LogP contribution < -0.4 is 16.4 Å². The Morgan fingerprint density at radius 2 is 1.98 bits per heavy atom. The first kappa shape index (κ1) is 25.4. The molecule has 0 aliphatic heterocycles. The van der Waals surface area contributed by atoms with E-state index in [4.69, 9.17) is 10.2 Å². The second-order valence-electron chi connectivity index (χ2n) is 10.2. The molecule has 4 N–H and O–H groups in total. The van der Waals surface area contributed by atoms with Gasteiger partial charge in [0.2, 0.25) is 5.89 Å². The molecule has 1 aliphatic rings. The fourth-order valence-electron chi connectivity index (χ4n) is 4.80. The van der Waals surface area contributed by atoms with Crippen molar-refractivity contribution in [1.29, 1.82) is 0 Å². The summed E-state index contributed by atoms with van der Waals surface area (Å²) in [7, 11) is 4.20. The zero-order valence-electron chi connectivity index (χ0n) is 22.5. The van der Waals surface area contributed by atoms with Crippen molar-refractivity contribution in [1.82, 2.24) is 39.5 Å². The van der Waals surface area contributed by atoms with E-state index in [-0.39, 0.29) is 23.9 Å². The number of nitrogens with zero attached hydrogens (tertiary/aromatic N) is 7. The summed E-state index contributed by atoms with van der Waals surface area (Å²) in [6.45, 7) is 2.16. The Hall–Kier alpha value is -4.84. The molecule has 0 unspecified atom stereocenters. The summed E-state index contributed by atoms with van der Waals surface area (Å²) in [6, 6.07) is 10.4. The number of nitrogens with one attached hydrogen (secondary N) is 2. The van der Waals surface area contributed by atoms with Gasteiger partial charge in [0.1, 0.15) is 23.4 Å². The van der Waals surface area contributed by atoms with E-state index in [1.807, 2.05) is 47.9 Å². The summed E-state index contributed by atoms with van der Waals surface area (Å²) < 4.78 is 7.44. The number of fused-ring (bicyclic) bond motifs is 1. The molecule has 5 aromatic rings. The molecule has 5 aromatic heterocycles. The van der Waals surface area contributed by atoms with E-state index in [0.717, 1.165) is 30.0 Å². The Bertz CT molecular complexity index is 1670. The van der Waals surface area contributed by atoms with Crippen molar-refractivity contribution in [3.63, 3.8) is 0 Å². The zero-order valence-corrected chi connectivity index (χ0v) is 22.5. The minimum atomic E-state index is -0.460. The zero-order chi connectivity index (χ0) is 27.8. The lowest BCUT2D eigenvalue weighted by Crippen LogP contribution is -2.47. The van der Waals surface area contributed by atoms with Crippen LogP contribution in [0.2, 0.25) is 0 Å². The predicted octanol–water partition coefficient (Wildman–Crippen LogP) is 3.17. The summed E-state index contributed by atoms with van der Waals surface area (Å²) >= 11 is 0. The predicted molar refractivity (Wildman–Crippen MR) is 150 cm³/mol. The minimum Gasteiger partial charge on any atom is -0.443 e. The number of nitrogens with two attached hydrogens (primary N) is 1. The quantitative estimate of drug-likeness (QED) is 0.268. The second-order valence-corrected chi connectivity index (χ2v) is 10.2. The van der Waals surface area contributed by atoms with Crippen molar-refractivity contribution in [2.24, 2.45) is 0 Å². The fraction of sp³-hybridized carbons (Fsp3) is 0.286. The van der Waals surface area contributed by atoms with Crippen molar-refractivity contribution in [3.05, 3.63) is 72.3 Å². The van der Waals surface area contributed by atoms with E-state index in [1.54, 1.807) is 6.20 Å². The van der Waals surface area contributed by atoms with E-state index < -0.39 is 5.91 Å². The van der Waals surface area contributed by atoms with Crippen molar-refractivity contribution in [2.75, 3.05) is 25.1 Å². The molecule has 5 heterocycles. The van der Waals surface area contributed by atoms with Crippen LogP contribution >= 0.6 is 0 Å². The van der Waals surface area contributed by atoms with Gasteiger partial charge in [-0.15, -0.1) is 0 Å². The van der Waals surface area contributed by atoms with E-state index in [9.17, 15) is 4.79 Å². The highest BCUT2D eigenvalue weighted by Gasteiger charge is 2.30. The van der Waals surface area contributed by atoms with Crippen LogP contribution in [0.3, 0.4) is 0 Å². The van der Waals surface area contributed by atoms with Gasteiger partial charge in [0.25, 0.3) is 5.91 Å². The molecule has 1 aliphatic carbocycles. The van der Waals surface area contributed by atoms with Crippen LogP contribution in [0.25, 0.3) is 28.5 Å². The maximum Gasteiger partial charge on any atom is 0.274 e. The summed E-state index contributed by atoms with van der Waals surface area (Å²) in [5.41, 5.74) is 10.1. The number of rotatable bonds is 8. The number of carbonyl (C=O) groups is 1. The Balaban J connectivity index is 1.23. The van der Waals surface area contributed by atoms with Crippen LogP contribution in [0.15, 0.2) is 59.6 Å². The lowest BCUT2D eigenvalue weighted by Gasteiger charge is -2.40. The molecule has 40 heavy (non-hydrogen) atoms. The average molecular weight is 539 g/mol. The Morgan fingerprint density at radius 3 is 2.75 bits per heavy atom. The highest BCUT2D eigenvalue weighted by atomic mass is 16.3. The number of carbonyl (C=O) groups excluding carboxylic acids is 1. The first-order valence-electron chi connectivity index (χ1n) is 13.0. The van der Waals surface area contributed by atoms with Crippen LogP contribution in [-0.4, -0.2) is 66.3 Å². The fourth-order valence-corrected chi connectivity index (χ4v) is 4.80. The lowest BCUT2D eigenvalue weighted by molar-refractivity contribution is 0.0946. The first-order chi connectivity index (χ1) is 19.4. The van der Waals surface area contributed by atoms with E-state index in [2.05, 4.69) is 54.5 Å². The summed E-state index contributed by atoms with van der Waals surface area (Å²) in [5.74, 6) is 0.549. The molecule has 0 bridgehead atoms. The van der Waals surface area contributed by atoms with Crippen LogP contribution in [0.4, 0.5) is 11.6 Å². The number of anilines is 2. The highest BCUT2D eigenvalue weighted by molar-refractivity contribution is 5.97. The summed E-state index contributed by atoms with van der Waals surface area (Å²) in [4.78, 5) is 37.9. The molecule has 12 heteroatoms. The van der Waals surface area contributed by atoms with E-state index in [0.29, 0.717) is 34.7 Å². The third-order valence-corrected chi connectivity index (χ3v) is 7.17. The van der Waals surface area contributed by atoms with Crippen LogP contribution in [0.1, 0.15) is 34.7 Å². The third-order valence-electron chi connectivity index (χ3n) is 7.17. The second kappa shape index (κ2) is 10.4. The van der Waals surface area contributed by atoms with Crippen LogP contribution in [-0.2, 0) is 6.54 Å². The van der Waals surface area contributed by atoms with Crippen molar-refractivity contribution in [3.8, 4) is 22.8 Å². The number of aryl methyl sites for hydroxylation is 1. The normalized spacial score (nSPS) is 16.7. The highest BCUT2D eigenvalue weighted by Crippen LogP contribution is 2.31.